The lowest BCUT2D eigenvalue weighted by molar-refractivity contribution is 0.0535. The van der Waals surface area contributed by atoms with Crippen LogP contribution in [-0.4, -0.2) is 69.1 Å². The molecule has 29 heavy (non-hydrogen) atoms. The van der Waals surface area contributed by atoms with Crippen LogP contribution in [0.15, 0.2) is 36.4 Å². The number of ether oxygens (including phenoxy) is 3. The molecule has 0 saturated carbocycles. The van der Waals surface area contributed by atoms with E-state index < -0.39 is 0 Å². The summed E-state index contributed by atoms with van der Waals surface area (Å²) in [5.74, 6) is 1.06. The second kappa shape index (κ2) is 9.05. The second-order valence-corrected chi connectivity index (χ2v) is 6.94. The van der Waals surface area contributed by atoms with Crippen LogP contribution in [-0.2, 0) is 0 Å². The van der Waals surface area contributed by atoms with Gasteiger partial charge in [0.25, 0.3) is 11.8 Å². The van der Waals surface area contributed by atoms with Gasteiger partial charge in [-0.25, -0.2) is 0 Å². The molecule has 0 atom stereocenters. The van der Waals surface area contributed by atoms with E-state index in [-0.39, 0.29) is 11.8 Å². The fourth-order valence-corrected chi connectivity index (χ4v) is 3.40. The Bertz CT molecular complexity index is 867. The number of hydrogen-bond donors (Lipinski definition) is 0. The summed E-state index contributed by atoms with van der Waals surface area (Å²) in [6.45, 7) is 1.79. The van der Waals surface area contributed by atoms with Gasteiger partial charge in [0.15, 0.2) is 11.5 Å². The minimum absolute atomic E-state index is 0.0680. The highest BCUT2D eigenvalue weighted by molar-refractivity contribution is 6.30. The van der Waals surface area contributed by atoms with E-state index in [1.165, 1.54) is 21.3 Å². The Labute approximate surface area is 174 Å². The number of amides is 2. The predicted molar refractivity (Wildman–Crippen MR) is 109 cm³/mol. The molecule has 2 amide bonds. The third-order valence-corrected chi connectivity index (χ3v) is 5.11. The zero-order chi connectivity index (χ0) is 21.0. The Hall–Kier alpha value is -2.93. The van der Waals surface area contributed by atoms with Crippen molar-refractivity contribution in [1.29, 1.82) is 0 Å². The van der Waals surface area contributed by atoms with Gasteiger partial charge in [0.2, 0.25) is 5.75 Å². The summed E-state index contributed by atoms with van der Waals surface area (Å²) in [4.78, 5) is 29.1. The van der Waals surface area contributed by atoms with E-state index in [9.17, 15) is 9.59 Å². The van der Waals surface area contributed by atoms with Crippen LogP contribution < -0.4 is 14.2 Å². The first-order chi connectivity index (χ1) is 14.0. The summed E-state index contributed by atoms with van der Waals surface area (Å²) >= 11 is 5.88. The van der Waals surface area contributed by atoms with Crippen LogP contribution in [0.1, 0.15) is 20.7 Å². The van der Waals surface area contributed by atoms with E-state index in [4.69, 9.17) is 25.8 Å². The molecule has 2 aromatic rings. The summed E-state index contributed by atoms with van der Waals surface area (Å²) in [6.07, 6.45) is 0. The van der Waals surface area contributed by atoms with Crippen LogP contribution in [0.2, 0.25) is 5.02 Å². The summed E-state index contributed by atoms with van der Waals surface area (Å²) in [5.41, 5.74) is 1.02. The number of rotatable bonds is 5. The minimum Gasteiger partial charge on any atom is -0.493 e. The summed E-state index contributed by atoms with van der Waals surface area (Å²) in [5, 5.41) is 0.585. The maximum atomic E-state index is 13.0. The van der Waals surface area contributed by atoms with E-state index >= 15 is 0 Å². The molecule has 0 radical (unpaired) electrons. The fourth-order valence-electron chi connectivity index (χ4n) is 3.27. The van der Waals surface area contributed by atoms with Gasteiger partial charge in [-0.2, -0.15) is 0 Å². The highest BCUT2D eigenvalue weighted by Crippen LogP contribution is 2.38. The number of piperazine rings is 1. The molecule has 7 nitrogen and oxygen atoms in total. The molecule has 0 aromatic heterocycles. The lowest BCUT2D eigenvalue weighted by Crippen LogP contribution is -2.50. The monoisotopic (exact) mass is 418 g/mol. The highest BCUT2D eigenvalue weighted by atomic mass is 35.5. The molecule has 1 aliphatic rings. The van der Waals surface area contributed by atoms with Crippen molar-refractivity contribution >= 4 is 23.4 Å². The third-order valence-electron chi connectivity index (χ3n) is 4.86. The molecule has 0 N–H and O–H groups in total. The van der Waals surface area contributed by atoms with Gasteiger partial charge < -0.3 is 24.0 Å². The van der Waals surface area contributed by atoms with E-state index in [0.29, 0.717) is 59.6 Å². The third kappa shape index (κ3) is 4.40. The normalized spacial score (nSPS) is 13.8. The van der Waals surface area contributed by atoms with Crippen molar-refractivity contribution in [3.63, 3.8) is 0 Å². The van der Waals surface area contributed by atoms with E-state index in [1.807, 2.05) is 0 Å². The molecule has 2 aromatic carbocycles. The average Bonchev–Trinajstić information content (AvgIpc) is 2.77. The fraction of sp³-hybridized carbons (Fsp3) is 0.333. The number of nitrogens with zero attached hydrogens (tertiary/aromatic N) is 2. The molecule has 1 aliphatic heterocycles. The molecular formula is C21H23ClN2O5. The Morgan fingerprint density at radius 1 is 0.759 bits per heavy atom. The molecule has 1 fully saturated rings. The largest absolute Gasteiger partial charge is 0.493 e. The maximum Gasteiger partial charge on any atom is 0.254 e. The lowest BCUT2D eigenvalue weighted by atomic mass is 10.1. The van der Waals surface area contributed by atoms with Crippen LogP contribution in [0.4, 0.5) is 0 Å². The lowest BCUT2D eigenvalue weighted by Gasteiger charge is -2.35. The first-order valence-corrected chi connectivity index (χ1v) is 9.50. The molecule has 1 heterocycles. The number of benzene rings is 2. The average molecular weight is 419 g/mol. The van der Waals surface area contributed by atoms with Crippen LogP contribution >= 0.6 is 11.6 Å². The molecule has 3 rings (SSSR count). The van der Waals surface area contributed by atoms with Crippen LogP contribution in [0.3, 0.4) is 0 Å². The number of hydrogen-bond acceptors (Lipinski definition) is 5. The van der Waals surface area contributed by atoms with Gasteiger partial charge in [-0.1, -0.05) is 11.6 Å². The van der Waals surface area contributed by atoms with Gasteiger partial charge in [-0.05, 0) is 36.4 Å². The standard InChI is InChI=1S/C21H23ClN2O5/c1-27-17-12-15(13-18(28-2)19(17)29-3)21(26)24-10-8-23(9-11-24)20(25)14-4-6-16(22)7-5-14/h4-7,12-13H,8-11H2,1-3H3. The summed E-state index contributed by atoms with van der Waals surface area (Å²) in [7, 11) is 4.53. The quantitative estimate of drug-likeness (QED) is 0.746. The van der Waals surface area contributed by atoms with Gasteiger partial charge in [0.1, 0.15) is 0 Å². The number of carbonyl (C=O) groups excluding carboxylic acids is 2. The minimum atomic E-state index is -0.150. The van der Waals surface area contributed by atoms with Gasteiger partial charge in [-0.3, -0.25) is 9.59 Å². The summed E-state index contributed by atoms with van der Waals surface area (Å²) < 4.78 is 16.0. The van der Waals surface area contributed by atoms with E-state index in [2.05, 4.69) is 0 Å². The van der Waals surface area contributed by atoms with Crippen molar-refractivity contribution in [3.8, 4) is 17.2 Å². The zero-order valence-electron chi connectivity index (χ0n) is 16.6. The number of methoxy groups -OCH3 is 3. The Kier molecular flexibility index (Phi) is 6.49. The van der Waals surface area contributed by atoms with Gasteiger partial charge >= 0.3 is 0 Å². The Morgan fingerprint density at radius 3 is 1.62 bits per heavy atom. The van der Waals surface area contributed by atoms with Crippen molar-refractivity contribution in [1.82, 2.24) is 9.80 Å². The molecule has 0 spiro atoms. The van der Waals surface area contributed by atoms with Crippen LogP contribution in [0.5, 0.6) is 17.2 Å². The van der Waals surface area contributed by atoms with Crippen molar-refractivity contribution in [2.45, 2.75) is 0 Å². The van der Waals surface area contributed by atoms with Gasteiger partial charge in [0.05, 0.1) is 21.3 Å². The van der Waals surface area contributed by atoms with Gasteiger partial charge in [-0.15, -0.1) is 0 Å². The Morgan fingerprint density at radius 2 is 1.21 bits per heavy atom. The van der Waals surface area contributed by atoms with Crippen molar-refractivity contribution in [2.75, 3.05) is 47.5 Å². The number of carbonyl (C=O) groups is 2. The highest BCUT2D eigenvalue weighted by Gasteiger charge is 2.27. The Balaban J connectivity index is 1.70. The second-order valence-electron chi connectivity index (χ2n) is 6.51. The van der Waals surface area contributed by atoms with Crippen LogP contribution in [0.25, 0.3) is 0 Å². The topological polar surface area (TPSA) is 68.3 Å². The molecule has 1 saturated heterocycles. The molecule has 154 valence electrons. The molecule has 0 bridgehead atoms. The molecule has 8 heteroatoms. The molecule has 0 unspecified atom stereocenters. The zero-order valence-corrected chi connectivity index (χ0v) is 17.4. The molecule has 0 aliphatic carbocycles. The smallest absolute Gasteiger partial charge is 0.254 e. The summed E-state index contributed by atoms with van der Waals surface area (Å²) in [6, 6.07) is 10.1. The first-order valence-electron chi connectivity index (χ1n) is 9.12. The van der Waals surface area contributed by atoms with E-state index in [1.54, 1.807) is 46.2 Å². The number of halogens is 1. The van der Waals surface area contributed by atoms with Crippen LogP contribution in [0, 0.1) is 0 Å². The molecular weight excluding hydrogens is 396 g/mol. The predicted octanol–water partition coefficient (Wildman–Crippen LogP) is 2.96. The van der Waals surface area contributed by atoms with Gasteiger partial charge in [0, 0.05) is 42.3 Å². The maximum absolute atomic E-state index is 13.0. The van der Waals surface area contributed by atoms with Crippen molar-refractivity contribution in [2.24, 2.45) is 0 Å². The first kappa shape index (κ1) is 20.8. The van der Waals surface area contributed by atoms with Crippen molar-refractivity contribution in [3.05, 3.63) is 52.5 Å². The van der Waals surface area contributed by atoms with E-state index in [0.717, 1.165) is 0 Å². The van der Waals surface area contributed by atoms with Crippen molar-refractivity contribution < 1.29 is 23.8 Å². The SMILES string of the molecule is COc1cc(C(=O)N2CCN(C(=O)c3ccc(Cl)cc3)CC2)cc(OC)c1OC.